The maximum absolute atomic E-state index is 5.40. The second-order valence-electron chi connectivity index (χ2n) is 5.86. The molecule has 0 bridgehead atoms. The molecule has 0 spiro atoms. The standard InChI is InChI=1S/C17H20N6OS2/c1-22-16(23-7-9-24-10-8-23)20-21-17(22)26-12-14-11-25-15(19-14)18-13-5-3-2-4-6-13/h2-6,11H,7-10,12H2,1H3,(H,18,19). The molecule has 26 heavy (non-hydrogen) atoms. The number of ether oxygens (including phenoxy) is 1. The van der Waals surface area contributed by atoms with E-state index in [0.29, 0.717) is 0 Å². The first-order valence-electron chi connectivity index (χ1n) is 8.41. The summed E-state index contributed by atoms with van der Waals surface area (Å²) in [5.74, 6) is 1.67. The lowest BCUT2D eigenvalue weighted by atomic mass is 10.3. The smallest absolute Gasteiger partial charge is 0.227 e. The summed E-state index contributed by atoms with van der Waals surface area (Å²) >= 11 is 3.26. The van der Waals surface area contributed by atoms with Crippen LogP contribution in [-0.4, -0.2) is 46.1 Å². The van der Waals surface area contributed by atoms with Gasteiger partial charge in [-0.05, 0) is 12.1 Å². The molecule has 1 aliphatic rings. The Morgan fingerprint density at radius 1 is 1.19 bits per heavy atom. The maximum atomic E-state index is 5.40. The average molecular weight is 389 g/mol. The summed E-state index contributed by atoms with van der Waals surface area (Å²) in [7, 11) is 2.01. The van der Waals surface area contributed by atoms with Crippen molar-refractivity contribution in [3.8, 4) is 0 Å². The highest BCUT2D eigenvalue weighted by atomic mass is 32.2. The van der Waals surface area contributed by atoms with E-state index >= 15 is 0 Å². The molecular formula is C17H20N6OS2. The number of aromatic nitrogens is 4. The third-order valence-corrected chi connectivity index (χ3v) is 5.89. The van der Waals surface area contributed by atoms with Gasteiger partial charge in [0.2, 0.25) is 5.95 Å². The van der Waals surface area contributed by atoms with Gasteiger partial charge in [0.1, 0.15) is 0 Å². The Labute approximate surface area is 160 Å². The number of anilines is 3. The molecule has 4 rings (SSSR count). The molecule has 2 aromatic heterocycles. The van der Waals surface area contributed by atoms with Crippen molar-refractivity contribution in [2.45, 2.75) is 10.9 Å². The molecule has 1 saturated heterocycles. The zero-order valence-electron chi connectivity index (χ0n) is 14.5. The first-order chi connectivity index (χ1) is 12.8. The zero-order chi connectivity index (χ0) is 17.8. The molecule has 136 valence electrons. The molecule has 1 fully saturated rings. The molecule has 0 amide bonds. The van der Waals surface area contributed by atoms with E-state index < -0.39 is 0 Å². The Hall–Kier alpha value is -2.10. The van der Waals surface area contributed by atoms with E-state index in [1.165, 1.54) is 0 Å². The van der Waals surface area contributed by atoms with Crippen molar-refractivity contribution < 1.29 is 4.74 Å². The molecule has 3 heterocycles. The van der Waals surface area contributed by atoms with E-state index in [1.807, 2.05) is 41.9 Å². The minimum absolute atomic E-state index is 0.741. The highest BCUT2D eigenvalue weighted by Crippen LogP contribution is 2.27. The van der Waals surface area contributed by atoms with Crippen LogP contribution in [0.4, 0.5) is 16.8 Å². The predicted octanol–water partition coefficient (Wildman–Crippen LogP) is 3.14. The van der Waals surface area contributed by atoms with Crippen LogP contribution in [0.25, 0.3) is 0 Å². The lowest BCUT2D eigenvalue weighted by molar-refractivity contribution is 0.121. The van der Waals surface area contributed by atoms with Gasteiger partial charge in [-0.25, -0.2) is 4.98 Å². The highest BCUT2D eigenvalue weighted by molar-refractivity contribution is 7.98. The van der Waals surface area contributed by atoms with Crippen molar-refractivity contribution in [1.82, 2.24) is 19.7 Å². The second kappa shape index (κ2) is 8.07. The largest absolute Gasteiger partial charge is 0.378 e. The molecule has 0 radical (unpaired) electrons. The van der Waals surface area contributed by atoms with Gasteiger partial charge in [0.15, 0.2) is 10.3 Å². The first-order valence-corrected chi connectivity index (χ1v) is 10.3. The SMILES string of the molecule is Cn1c(SCc2csc(Nc3ccccc3)n2)nnc1N1CCOCC1. The van der Waals surface area contributed by atoms with Gasteiger partial charge in [0, 0.05) is 37.0 Å². The molecule has 1 aliphatic heterocycles. The number of nitrogens with one attached hydrogen (secondary N) is 1. The molecule has 9 heteroatoms. The number of para-hydroxylation sites is 1. The lowest BCUT2D eigenvalue weighted by Gasteiger charge is -2.27. The van der Waals surface area contributed by atoms with Crippen molar-refractivity contribution in [1.29, 1.82) is 0 Å². The number of thioether (sulfide) groups is 1. The van der Waals surface area contributed by atoms with Gasteiger partial charge < -0.3 is 15.0 Å². The topological polar surface area (TPSA) is 68.1 Å². The van der Waals surface area contributed by atoms with Crippen LogP contribution in [0.5, 0.6) is 0 Å². The third kappa shape index (κ3) is 4.00. The minimum atomic E-state index is 0.741. The monoisotopic (exact) mass is 388 g/mol. The number of nitrogens with zero attached hydrogens (tertiary/aromatic N) is 5. The van der Waals surface area contributed by atoms with Gasteiger partial charge >= 0.3 is 0 Å². The van der Waals surface area contributed by atoms with Gasteiger partial charge in [-0.2, -0.15) is 0 Å². The minimum Gasteiger partial charge on any atom is -0.378 e. The number of hydrogen-bond acceptors (Lipinski definition) is 8. The third-order valence-electron chi connectivity index (χ3n) is 4.03. The fourth-order valence-corrected chi connectivity index (χ4v) is 4.32. The Morgan fingerprint density at radius 2 is 2.00 bits per heavy atom. The number of benzene rings is 1. The fraction of sp³-hybridized carbons (Fsp3) is 0.353. The summed E-state index contributed by atoms with van der Waals surface area (Å²) in [5, 5.41) is 15.9. The van der Waals surface area contributed by atoms with Crippen molar-refractivity contribution in [2.75, 3.05) is 36.5 Å². The van der Waals surface area contributed by atoms with E-state index in [-0.39, 0.29) is 0 Å². The number of morpholine rings is 1. The molecular weight excluding hydrogens is 368 g/mol. The molecule has 0 atom stereocenters. The number of rotatable bonds is 6. The predicted molar refractivity (Wildman–Crippen MR) is 105 cm³/mol. The van der Waals surface area contributed by atoms with E-state index in [1.54, 1.807) is 23.1 Å². The quantitative estimate of drug-likeness (QED) is 0.651. The Balaban J connectivity index is 1.36. The summed E-state index contributed by atoms with van der Waals surface area (Å²) in [5.41, 5.74) is 2.08. The van der Waals surface area contributed by atoms with Crippen LogP contribution in [0.1, 0.15) is 5.69 Å². The zero-order valence-corrected chi connectivity index (χ0v) is 16.1. The summed E-state index contributed by atoms with van der Waals surface area (Å²) < 4.78 is 7.45. The molecule has 0 aliphatic carbocycles. The van der Waals surface area contributed by atoms with Crippen LogP contribution < -0.4 is 10.2 Å². The van der Waals surface area contributed by atoms with Gasteiger partial charge in [-0.1, -0.05) is 30.0 Å². The maximum Gasteiger partial charge on any atom is 0.227 e. The van der Waals surface area contributed by atoms with Crippen LogP contribution in [0.3, 0.4) is 0 Å². The molecule has 1 aromatic carbocycles. The van der Waals surface area contributed by atoms with Crippen molar-refractivity contribution >= 4 is 39.9 Å². The van der Waals surface area contributed by atoms with Gasteiger partial charge in [0.05, 0.1) is 18.9 Å². The van der Waals surface area contributed by atoms with E-state index in [9.17, 15) is 0 Å². The van der Waals surface area contributed by atoms with E-state index in [4.69, 9.17) is 4.74 Å². The normalized spacial score (nSPS) is 14.6. The van der Waals surface area contributed by atoms with Crippen molar-refractivity contribution in [3.63, 3.8) is 0 Å². The highest BCUT2D eigenvalue weighted by Gasteiger charge is 2.18. The van der Waals surface area contributed by atoms with E-state index in [2.05, 4.69) is 30.8 Å². The lowest BCUT2D eigenvalue weighted by Crippen LogP contribution is -2.37. The number of thiazole rings is 1. The molecule has 3 aromatic rings. The molecule has 7 nitrogen and oxygen atoms in total. The summed E-state index contributed by atoms with van der Waals surface area (Å²) in [6.07, 6.45) is 0. The van der Waals surface area contributed by atoms with Gasteiger partial charge in [-0.15, -0.1) is 21.5 Å². The van der Waals surface area contributed by atoms with Crippen LogP contribution in [0, 0.1) is 0 Å². The molecule has 0 unspecified atom stereocenters. The Bertz CT molecular complexity index is 844. The first kappa shape index (κ1) is 17.3. The summed E-state index contributed by atoms with van der Waals surface area (Å²) in [6.45, 7) is 3.20. The van der Waals surface area contributed by atoms with Crippen LogP contribution >= 0.6 is 23.1 Å². The van der Waals surface area contributed by atoms with Gasteiger partial charge in [0.25, 0.3) is 0 Å². The van der Waals surface area contributed by atoms with Crippen molar-refractivity contribution in [3.05, 3.63) is 41.4 Å². The van der Waals surface area contributed by atoms with Crippen LogP contribution in [0.2, 0.25) is 0 Å². The van der Waals surface area contributed by atoms with Crippen LogP contribution in [-0.2, 0) is 17.5 Å². The second-order valence-corrected chi connectivity index (χ2v) is 7.67. The Morgan fingerprint density at radius 3 is 2.81 bits per heavy atom. The fourth-order valence-electron chi connectivity index (χ4n) is 2.69. The Kier molecular flexibility index (Phi) is 5.37. The molecule has 0 saturated carbocycles. The van der Waals surface area contributed by atoms with Gasteiger partial charge in [-0.3, -0.25) is 4.57 Å². The van der Waals surface area contributed by atoms with Crippen molar-refractivity contribution in [2.24, 2.45) is 7.05 Å². The molecule has 1 N–H and O–H groups in total. The number of hydrogen-bond donors (Lipinski definition) is 1. The average Bonchev–Trinajstić information content (AvgIpc) is 3.28. The van der Waals surface area contributed by atoms with Crippen LogP contribution in [0.15, 0.2) is 40.9 Å². The summed E-state index contributed by atoms with van der Waals surface area (Å²) in [4.78, 5) is 6.86. The summed E-state index contributed by atoms with van der Waals surface area (Å²) in [6, 6.07) is 10.1. The van der Waals surface area contributed by atoms with E-state index in [0.717, 1.165) is 59.7 Å².